The number of aryl methyl sites for hydroxylation is 1. The molecule has 10 heteroatoms. The van der Waals surface area contributed by atoms with Crippen molar-refractivity contribution < 1.29 is 26.3 Å². The number of benzene rings is 1. The average molecular weight is 451 g/mol. The zero-order valence-electron chi connectivity index (χ0n) is 16.0. The Morgan fingerprint density at radius 1 is 1.24 bits per heavy atom. The minimum absolute atomic E-state index is 0.101. The van der Waals surface area contributed by atoms with Crippen molar-refractivity contribution in [2.75, 3.05) is 6.26 Å². The van der Waals surface area contributed by atoms with E-state index in [9.17, 15) is 21.6 Å². The maximum atomic E-state index is 13.6. The van der Waals surface area contributed by atoms with Crippen molar-refractivity contribution in [1.29, 1.82) is 0 Å². The number of halogens is 4. The summed E-state index contributed by atoms with van der Waals surface area (Å²) in [5.41, 5.74) is 0.840. The maximum absolute atomic E-state index is 13.6. The second-order valence-electron chi connectivity index (χ2n) is 7.39. The summed E-state index contributed by atoms with van der Waals surface area (Å²) in [4.78, 5) is 7.12. The predicted molar refractivity (Wildman–Crippen MR) is 103 cm³/mol. The van der Waals surface area contributed by atoms with Gasteiger partial charge in [0, 0.05) is 12.2 Å². The minimum Gasteiger partial charge on any atom is -0.362 e. The van der Waals surface area contributed by atoms with Crippen LogP contribution in [0, 0.1) is 18.7 Å². The fourth-order valence-electron chi connectivity index (χ4n) is 3.60. The van der Waals surface area contributed by atoms with Crippen molar-refractivity contribution >= 4 is 21.4 Å². The predicted octanol–water partition coefficient (Wildman–Crippen LogP) is 4.84. The summed E-state index contributed by atoms with van der Waals surface area (Å²) in [6.07, 6.45) is -0.890. The molecular formula is C19H22ClF3N2O3S. The van der Waals surface area contributed by atoms with Crippen LogP contribution >= 0.6 is 11.6 Å². The van der Waals surface area contributed by atoms with E-state index in [-0.39, 0.29) is 22.0 Å². The summed E-state index contributed by atoms with van der Waals surface area (Å²) in [6.45, 7) is 1.58. The molecule has 1 atom stereocenters. The van der Waals surface area contributed by atoms with Crippen LogP contribution in [0.3, 0.4) is 0 Å². The quantitative estimate of drug-likeness (QED) is 0.683. The van der Waals surface area contributed by atoms with Gasteiger partial charge in [0.2, 0.25) is 6.43 Å². The van der Waals surface area contributed by atoms with Gasteiger partial charge in [-0.05, 0) is 50.3 Å². The summed E-state index contributed by atoms with van der Waals surface area (Å²) in [5, 5.41) is -0.208. The highest BCUT2D eigenvalue weighted by Gasteiger charge is 2.32. The van der Waals surface area contributed by atoms with Crippen LogP contribution in [0.25, 0.3) is 0 Å². The number of aromatic amines is 1. The van der Waals surface area contributed by atoms with Gasteiger partial charge in [0.1, 0.15) is 17.7 Å². The van der Waals surface area contributed by atoms with Gasteiger partial charge < -0.3 is 9.72 Å². The maximum Gasteiger partial charge on any atom is 0.241 e. The van der Waals surface area contributed by atoms with Crippen molar-refractivity contribution in [2.24, 2.45) is 5.92 Å². The first kappa shape index (κ1) is 22.1. The van der Waals surface area contributed by atoms with Crippen LogP contribution in [0.4, 0.5) is 13.2 Å². The van der Waals surface area contributed by atoms with E-state index in [1.54, 1.807) is 6.92 Å². The van der Waals surface area contributed by atoms with Gasteiger partial charge in [0.15, 0.2) is 14.9 Å². The van der Waals surface area contributed by atoms with Gasteiger partial charge in [-0.15, -0.1) is 0 Å². The number of nitrogens with zero attached hydrogens (tertiary/aromatic N) is 1. The Balaban J connectivity index is 1.92. The SMILES string of the molecule is Cc1[nH]c(C(OC2CCC(C(F)F)CC2)c2ccc(F)c(Cl)c2)nc1S(C)(=O)=O. The molecule has 0 aliphatic heterocycles. The molecule has 1 N–H and O–H groups in total. The van der Waals surface area contributed by atoms with Gasteiger partial charge in [0.05, 0.1) is 16.8 Å². The molecular weight excluding hydrogens is 429 g/mol. The zero-order chi connectivity index (χ0) is 21.3. The van der Waals surface area contributed by atoms with E-state index in [1.165, 1.54) is 18.2 Å². The third-order valence-electron chi connectivity index (χ3n) is 5.11. The first-order valence-corrected chi connectivity index (χ1v) is 11.5. The molecule has 1 saturated carbocycles. The largest absolute Gasteiger partial charge is 0.362 e. The minimum atomic E-state index is -3.56. The molecule has 0 spiro atoms. The third kappa shape index (κ3) is 5.13. The topological polar surface area (TPSA) is 72.0 Å². The molecule has 1 fully saturated rings. The fraction of sp³-hybridized carbons (Fsp3) is 0.526. The number of rotatable bonds is 6. The number of nitrogens with one attached hydrogen (secondary N) is 1. The molecule has 0 saturated heterocycles. The monoisotopic (exact) mass is 450 g/mol. The van der Waals surface area contributed by atoms with Crippen molar-refractivity contribution in [1.82, 2.24) is 9.97 Å². The molecule has 1 aromatic carbocycles. The number of imidazole rings is 1. The number of alkyl halides is 2. The van der Waals surface area contributed by atoms with E-state index in [1.807, 2.05) is 0 Å². The number of ether oxygens (including phenoxy) is 1. The van der Waals surface area contributed by atoms with E-state index < -0.39 is 34.1 Å². The lowest BCUT2D eigenvalue weighted by molar-refractivity contribution is -0.0419. The standard InChI is InChI=1S/C19H22ClF3N2O3S/c1-10-19(29(2,26)27)25-18(24-10)16(12-5-8-15(21)14(20)9-12)28-13-6-3-11(4-7-13)17(22)23/h5,8-9,11,13,16-17H,3-4,6-7H2,1-2H3,(H,24,25). The smallest absolute Gasteiger partial charge is 0.241 e. The lowest BCUT2D eigenvalue weighted by Crippen LogP contribution is -2.27. The lowest BCUT2D eigenvalue weighted by Gasteiger charge is -2.30. The van der Waals surface area contributed by atoms with Crippen LogP contribution in [0.15, 0.2) is 23.2 Å². The number of aromatic nitrogens is 2. The average Bonchev–Trinajstić information content (AvgIpc) is 3.04. The zero-order valence-corrected chi connectivity index (χ0v) is 17.5. The Labute approximate surface area is 172 Å². The highest BCUT2D eigenvalue weighted by atomic mass is 35.5. The normalized spacial score (nSPS) is 21.5. The number of hydrogen-bond acceptors (Lipinski definition) is 4. The van der Waals surface area contributed by atoms with Gasteiger partial charge in [-0.2, -0.15) is 0 Å². The van der Waals surface area contributed by atoms with E-state index in [2.05, 4.69) is 9.97 Å². The van der Waals surface area contributed by atoms with Crippen LogP contribution in [-0.2, 0) is 14.6 Å². The van der Waals surface area contributed by atoms with Crippen molar-refractivity contribution in [3.63, 3.8) is 0 Å². The number of H-pyrrole nitrogens is 1. The van der Waals surface area contributed by atoms with Crippen LogP contribution in [0.5, 0.6) is 0 Å². The Morgan fingerprint density at radius 2 is 1.90 bits per heavy atom. The van der Waals surface area contributed by atoms with Gasteiger partial charge in [0.25, 0.3) is 0 Å². The van der Waals surface area contributed by atoms with E-state index in [4.69, 9.17) is 16.3 Å². The molecule has 1 aliphatic rings. The van der Waals surface area contributed by atoms with Crippen LogP contribution in [0.2, 0.25) is 5.02 Å². The van der Waals surface area contributed by atoms with E-state index in [0.717, 1.165) is 6.26 Å². The van der Waals surface area contributed by atoms with Crippen molar-refractivity contribution in [2.45, 2.75) is 56.3 Å². The molecule has 2 aromatic rings. The molecule has 160 valence electrons. The van der Waals surface area contributed by atoms with Gasteiger partial charge in [-0.1, -0.05) is 17.7 Å². The molecule has 1 heterocycles. The number of sulfone groups is 1. The molecule has 1 unspecified atom stereocenters. The summed E-state index contributed by atoms with van der Waals surface area (Å²) >= 11 is 5.91. The summed E-state index contributed by atoms with van der Waals surface area (Å²) in [5.74, 6) is -1.00. The van der Waals surface area contributed by atoms with Crippen molar-refractivity contribution in [3.8, 4) is 0 Å². The Morgan fingerprint density at radius 3 is 2.41 bits per heavy atom. The summed E-state index contributed by atoms with van der Waals surface area (Å²) in [6, 6.07) is 4.06. The molecule has 0 radical (unpaired) electrons. The molecule has 0 amide bonds. The van der Waals surface area contributed by atoms with Gasteiger partial charge in [-0.3, -0.25) is 0 Å². The second-order valence-corrected chi connectivity index (χ2v) is 9.72. The highest BCUT2D eigenvalue weighted by Crippen LogP contribution is 2.36. The molecule has 1 aromatic heterocycles. The Kier molecular flexibility index (Phi) is 6.60. The van der Waals surface area contributed by atoms with Gasteiger partial charge in [-0.25, -0.2) is 26.6 Å². The Hall–Kier alpha value is -1.58. The second kappa shape index (κ2) is 8.65. The molecule has 0 bridgehead atoms. The molecule has 5 nitrogen and oxygen atoms in total. The van der Waals surface area contributed by atoms with Crippen LogP contribution in [0.1, 0.15) is 48.9 Å². The summed E-state index contributed by atoms with van der Waals surface area (Å²) < 4.78 is 69.5. The first-order chi connectivity index (χ1) is 13.6. The lowest BCUT2D eigenvalue weighted by atomic mass is 9.87. The van der Waals surface area contributed by atoms with Crippen molar-refractivity contribution in [3.05, 3.63) is 46.1 Å². The molecule has 29 heavy (non-hydrogen) atoms. The Bertz CT molecular complexity index is 973. The van der Waals surface area contributed by atoms with Crippen LogP contribution < -0.4 is 0 Å². The molecule has 1 aliphatic carbocycles. The van der Waals surface area contributed by atoms with Crippen LogP contribution in [-0.4, -0.2) is 37.2 Å². The first-order valence-electron chi connectivity index (χ1n) is 9.21. The van der Waals surface area contributed by atoms with E-state index >= 15 is 0 Å². The van der Waals surface area contributed by atoms with E-state index in [0.29, 0.717) is 36.9 Å². The third-order valence-corrected chi connectivity index (χ3v) is 6.50. The molecule has 3 rings (SSSR count). The number of hydrogen-bond donors (Lipinski definition) is 1. The van der Waals surface area contributed by atoms with Gasteiger partial charge >= 0.3 is 0 Å². The fourth-order valence-corrected chi connectivity index (χ4v) is 4.66. The summed E-state index contributed by atoms with van der Waals surface area (Å²) in [7, 11) is -3.56. The highest BCUT2D eigenvalue weighted by molar-refractivity contribution is 7.90.